The predicted molar refractivity (Wildman–Crippen MR) is 95.0 cm³/mol. The number of hydrogen-bond donors (Lipinski definition) is 2. The highest BCUT2D eigenvalue weighted by molar-refractivity contribution is 5.94. The number of β-amino-alcohol motifs (C(OH)–C–C–N with tert-alkyl or cyclic N) is 1. The molecule has 1 aliphatic rings. The Balaban J connectivity index is 1.54. The Hall–Kier alpha value is -2.80. The number of nitrogens with one attached hydrogen (secondary N) is 1. The van der Waals surface area contributed by atoms with Crippen molar-refractivity contribution in [3.8, 4) is 0 Å². The number of aliphatic hydroxyl groups excluding tert-OH is 1. The first-order valence-corrected chi connectivity index (χ1v) is 8.69. The molecule has 2 N–H and O–H groups in total. The van der Waals surface area contributed by atoms with E-state index in [9.17, 15) is 23.5 Å². The third kappa shape index (κ3) is 4.68. The van der Waals surface area contributed by atoms with Crippen LogP contribution in [0.25, 0.3) is 0 Å². The quantitative estimate of drug-likeness (QED) is 0.859. The van der Waals surface area contributed by atoms with Gasteiger partial charge in [-0.25, -0.2) is 8.78 Å². The summed E-state index contributed by atoms with van der Waals surface area (Å²) >= 11 is 0. The number of piperidine rings is 1. The normalized spacial score (nSPS) is 19.6. The summed E-state index contributed by atoms with van der Waals surface area (Å²) in [6.45, 7) is 0.519. The second-order valence-corrected chi connectivity index (χ2v) is 6.57. The Bertz CT molecular complexity index is 829. The van der Waals surface area contributed by atoms with E-state index in [0.717, 1.165) is 12.1 Å². The second-order valence-electron chi connectivity index (χ2n) is 6.57. The van der Waals surface area contributed by atoms with Gasteiger partial charge in [-0.3, -0.25) is 9.59 Å². The topological polar surface area (TPSA) is 69.6 Å². The molecule has 3 rings (SSSR count). The molecule has 2 atom stereocenters. The van der Waals surface area contributed by atoms with Crippen molar-refractivity contribution in [1.29, 1.82) is 0 Å². The number of aliphatic hydroxyl groups is 1. The fraction of sp³-hybridized carbons (Fsp3) is 0.300. The van der Waals surface area contributed by atoms with E-state index in [1.165, 1.54) is 6.07 Å². The monoisotopic (exact) mass is 374 g/mol. The summed E-state index contributed by atoms with van der Waals surface area (Å²) in [6, 6.07) is 11.6. The summed E-state index contributed by atoms with van der Waals surface area (Å²) < 4.78 is 26.2. The molecule has 142 valence electrons. The number of halogens is 2. The minimum atomic E-state index is -1.01. The summed E-state index contributed by atoms with van der Waals surface area (Å²) in [4.78, 5) is 26.1. The summed E-state index contributed by atoms with van der Waals surface area (Å²) in [5.41, 5.74) is 0.892. The molecule has 7 heteroatoms. The Labute approximate surface area is 155 Å². The number of benzene rings is 2. The summed E-state index contributed by atoms with van der Waals surface area (Å²) in [7, 11) is 0. The summed E-state index contributed by atoms with van der Waals surface area (Å²) in [5.74, 6) is -2.53. The van der Waals surface area contributed by atoms with E-state index in [1.54, 1.807) is 29.2 Å². The second kappa shape index (κ2) is 8.26. The maximum atomic E-state index is 13.2. The Morgan fingerprint density at radius 2 is 1.85 bits per heavy atom. The van der Waals surface area contributed by atoms with Crippen LogP contribution in [0.15, 0.2) is 48.5 Å². The summed E-state index contributed by atoms with van der Waals surface area (Å²) in [5, 5.41) is 13.0. The minimum absolute atomic E-state index is 0.115. The first-order chi connectivity index (χ1) is 12.9. The Kier molecular flexibility index (Phi) is 5.81. The highest BCUT2D eigenvalue weighted by Gasteiger charge is 2.31. The van der Waals surface area contributed by atoms with E-state index in [4.69, 9.17) is 0 Å². The SMILES string of the molecule is O=C(Cc1ccc(F)c(F)c1)N[C@@H]1CCN(C(=O)c2ccccc2)C[C@H]1O. The first kappa shape index (κ1) is 19.0. The van der Waals surface area contributed by atoms with Crippen molar-refractivity contribution in [2.45, 2.75) is 25.0 Å². The van der Waals surface area contributed by atoms with Crippen molar-refractivity contribution in [2.75, 3.05) is 13.1 Å². The van der Waals surface area contributed by atoms with Gasteiger partial charge in [-0.05, 0) is 36.2 Å². The number of carbonyl (C=O) groups excluding carboxylic acids is 2. The molecule has 0 spiro atoms. The van der Waals surface area contributed by atoms with Gasteiger partial charge < -0.3 is 15.3 Å². The lowest BCUT2D eigenvalue weighted by Crippen LogP contribution is -2.55. The molecule has 0 unspecified atom stereocenters. The van der Waals surface area contributed by atoms with Crippen LogP contribution in [0.2, 0.25) is 0 Å². The van der Waals surface area contributed by atoms with Crippen LogP contribution < -0.4 is 5.32 Å². The van der Waals surface area contributed by atoms with E-state index in [-0.39, 0.29) is 18.9 Å². The molecular formula is C20H20F2N2O3. The fourth-order valence-corrected chi connectivity index (χ4v) is 3.14. The molecule has 1 heterocycles. The molecule has 0 saturated carbocycles. The zero-order chi connectivity index (χ0) is 19.4. The van der Waals surface area contributed by atoms with Gasteiger partial charge in [-0.15, -0.1) is 0 Å². The third-order valence-electron chi connectivity index (χ3n) is 4.58. The lowest BCUT2D eigenvalue weighted by atomic mass is 10.00. The number of amides is 2. The van der Waals surface area contributed by atoms with Gasteiger partial charge >= 0.3 is 0 Å². The van der Waals surface area contributed by atoms with Crippen molar-refractivity contribution >= 4 is 11.8 Å². The van der Waals surface area contributed by atoms with E-state index in [0.29, 0.717) is 24.1 Å². The molecule has 2 aromatic carbocycles. The van der Waals surface area contributed by atoms with E-state index >= 15 is 0 Å². The molecule has 0 radical (unpaired) electrons. The van der Waals surface area contributed by atoms with Crippen LogP contribution in [0.3, 0.4) is 0 Å². The van der Waals surface area contributed by atoms with Crippen LogP contribution in [0.5, 0.6) is 0 Å². The standard InChI is InChI=1S/C20H20F2N2O3/c21-15-7-6-13(10-16(15)22)11-19(26)23-17-8-9-24(12-18(17)25)20(27)14-4-2-1-3-5-14/h1-7,10,17-18,25H,8-9,11-12H2,(H,23,26)/t17-,18-/m1/s1. The largest absolute Gasteiger partial charge is 0.389 e. The molecule has 0 bridgehead atoms. The maximum Gasteiger partial charge on any atom is 0.253 e. The van der Waals surface area contributed by atoms with Gasteiger partial charge in [0.15, 0.2) is 11.6 Å². The van der Waals surface area contributed by atoms with Crippen molar-refractivity contribution in [3.05, 3.63) is 71.3 Å². The number of carbonyl (C=O) groups is 2. The molecule has 1 saturated heterocycles. The van der Waals surface area contributed by atoms with Crippen molar-refractivity contribution in [1.82, 2.24) is 10.2 Å². The number of likely N-dealkylation sites (tertiary alicyclic amines) is 1. The maximum absolute atomic E-state index is 13.2. The van der Waals surface area contributed by atoms with Gasteiger partial charge in [0.1, 0.15) is 0 Å². The van der Waals surface area contributed by atoms with Crippen molar-refractivity contribution < 1.29 is 23.5 Å². The van der Waals surface area contributed by atoms with Crippen molar-refractivity contribution in [3.63, 3.8) is 0 Å². The average molecular weight is 374 g/mol. The highest BCUT2D eigenvalue weighted by Crippen LogP contribution is 2.15. The van der Waals surface area contributed by atoms with Crippen LogP contribution >= 0.6 is 0 Å². The zero-order valence-electron chi connectivity index (χ0n) is 14.6. The van der Waals surface area contributed by atoms with Crippen molar-refractivity contribution in [2.24, 2.45) is 0 Å². The van der Waals surface area contributed by atoms with Gasteiger partial charge in [-0.2, -0.15) is 0 Å². The van der Waals surface area contributed by atoms with E-state index < -0.39 is 29.7 Å². The van der Waals surface area contributed by atoms with Gasteiger partial charge in [0.05, 0.1) is 18.6 Å². The minimum Gasteiger partial charge on any atom is -0.389 e. The molecule has 0 aliphatic carbocycles. The van der Waals surface area contributed by atoms with Gasteiger partial charge in [0.25, 0.3) is 5.91 Å². The molecule has 1 fully saturated rings. The lowest BCUT2D eigenvalue weighted by Gasteiger charge is -2.36. The van der Waals surface area contributed by atoms with Gasteiger partial charge in [0, 0.05) is 18.7 Å². The number of nitrogens with zero attached hydrogens (tertiary/aromatic N) is 1. The average Bonchev–Trinajstić information content (AvgIpc) is 2.66. The third-order valence-corrected chi connectivity index (χ3v) is 4.58. The van der Waals surface area contributed by atoms with Crippen LogP contribution in [-0.4, -0.2) is 47.1 Å². The Morgan fingerprint density at radius 1 is 1.11 bits per heavy atom. The molecule has 5 nitrogen and oxygen atoms in total. The molecule has 2 aromatic rings. The fourth-order valence-electron chi connectivity index (χ4n) is 3.14. The first-order valence-electron chi connectivity index (χ1n) is 8.69. The predicted octanol–water partition coefficient (Wildman–Crippen LogP) is 1.90. The summed E-state index contributed by atoms with van der Waals surface area (Å²) in [6.07, 6.45) is -0.614. The molecule has 0 aromatic heterocycles. The van der Waals surface area contributed by atoms with Crippen LogP contribution in [-0.2, 0) is 11.2 Å². The van der Waals surface area contributed by atoms with Gasteiger partial charge in [0.2, 0.25) is 5.91 Å². The smallest absolute Gasteiger partial charge is 0.253 e. The highest BCUT2D eigenvalue weighted by atomic mass is 19.2. The molecular weight excluding hydrogens is 354 g/mol. The molecule has 1 aliphatic heterocycles. The van der Waals surface area contributed by atoms with Gasteiger partial charge in [-0.1, -0.05) is 24.3 Å². The molecule has 27 heavy (non-hydrogen) atoms. The van der Waals surface area contributed by atoms with E-state index in [2.05, 4.69) is 5.32 Å². The van der Waals surface area contributed by atoms with Crippen LogP contribution in [0, 0.1) is 11.6 Å². The van der Waals surface area contributed by atoms with Crippen LogP contribution in [0.1, 0.15) is 22.3 Å². The van der Waals surface area contributed by atoms with Crippen LogP contribution in [0.4, 0.5) is 8.78 Å². The zero-order valence-corrected chi connectivity index (χ0v) is 14.6. The van der Waals surface area contributed by atoms with E-state index in [1.807, 2.05) is 6.07 Å². The molecule has 2 amide bonds. The number of hydrogen-bond acceptors (Lipinski definition) is 3. The Morgan fingerprint density at radius 3 is 2.52 bits per heavy atom. The number of rotatable bonds is 4. The lowest BCUT2D eigenvalue weighted by molar-refractivity contribution is -0.122.